The summed E-state index contributed by atoms with van der Waals surface area (Å²) in [4.78, 5) is 5.78. The number of hydrogen-bond donors (Lipinski definition) is 2. The first-order valence-electron chi connectivity index (χ1n) is 7.79. The Morgan fingerprint density at radius 3 is 2.71 bits per heavy atom. The molecule has 1 heterocycles. The molecule has 1 aromatic rings. The van der Waals surface area contributed by atoms with Crippen molar-refractivity contribution in [3.8, 4) is 0 Å². The Kier molecular flexibility index (Phi) is 6.34. The topological polar surface area (TPSA) is 36.4 Å². The van der Waals surface area contributed by atoms with Gasteiger partial charge in [-0.3, -0.25) is 4.99 Å². The number of guanidine groups is 1. The molecule has 0 spiro atoms. The summed E-state index contributed by atoms with van der Waals surface area (Å²) in [7, 11) is 1.87. The average molecular weight is 419 g/mol. The van der Waals surface area contributed by atoms with E-state index in [1.54, 1.807) is 0 Å². The maximum atomic E-state index is 4.35. The van der Waals surface area contributed by atoms with Crippen LogP contribution >= 0.6 is 35.3 Å². The summed E-state index contributed by atoms with van der Waals surface area (Å²) in [5.74, 6) is 1.96. The van der Waals surface area contributed by atoms with Gasteiger partial charge in [-0.1, -0.05) is 12.5 Å². The predicted octanol–water partition coefficient (Wildman–Crippen LogP) is 3.65. The third-order valence-corrected chi connectivity index (χ3v) is 5.80. The van der Waals surface area contributed by atoms with Crippen molar-refractivity contribution in [3.63, 3.8) is 0 Å². The zero-order chi connectivity index (χ0) is 13.8. The molecule has 3 rings (SSSR count). The molecule has 0 saturated heterocycles. The van der Waals surface area contributed by atoms with E-state index in [9.17, 15) is 0 Å². The SMILES string of the molecule is CN=C(NCCc1cccs1)NCC1(C2CC2)CCC1.I. The predicted molar refractivity (Wildman–Crippen MR) is 102 cm³/mol. The van der Waals surface area contributed by atoms with Crippen LogP contribution in [0.4, 0.5) is 0 Å². The van der Waals surface area contributed by atoms with Gasteiger partial charge >= 0.3 is 0 Å². The molecule has 3 nitrogen and oxygen atoms in total. The quantitative estimate of drug-likeness (QED) is 0.420. The molecule has 118 valence electrons. The molecule has 21 heavy (non-hydrogen) atoms. The molecule has 0 bridgehead atoms. The van der Waals surface area contributed by atoms with Crippen LogP contribution in [0.25, 0.3) is 0 Å². The summed E-state index contributed by atoms with van der Waals surface area (Å²) in [5, 5.41) is 9.13. The summed E-state index contributed by atoms with van der Waals surface area (Å²) in [6.45, 7) is 2.06. The van der Waals surface area contributed by atoms with Crippen molar-refractivity contribution >= 4 is 41.3 Å². The third kappa shape index (κ3) is 4.34. The summed E-state index contributed by atoms with van der Waals surface area (Å²) >= 11 is 1.82. The number of thiophene rings is 1. The fraction of sp³-hybridized carbons (Fsp3) is 0.688. The van der Waals surface area contributed by atoms with Gasteiger partial charge in [0.05, 0.1) is 0 Å². The lowest BCUT2D eigenvalue weighted by atomic mass is 9.65. The van der Waals surface area contributed by atoms with Crippen LogP contribution in [0.15, 0.2) is 22.5 Å². The number of rotatable bonds is 6. The molecular weight excluding hydrogens is 393 g/mol. The second-order valence-electron chi connectivity index (χ2n) is 6.17. The molecular formula is C16H26IN3S. The van der Waals surface area contributed by atoms with Gasteiger partial charge in [-0.2, -0.15) is 0 Å². The minimum atomic E-state index is 0. The summed E-state index contributed by atoms with van der Waals surface area (Å²) < 4.78 is 0. The van der Waals surface area contributed by atoms with Gasteiger partial charge in [0.2, 0.25) is 0 Å². The second kappa shape index (κ2) is 7.81. The lowest BCUT2D eigenvalue weighted by Crippen LogP contribution is -2.47. The van der Waals surface area contributed by atoms with E-state index < -0.39 is 0 Å². The van der Waals surface area contributed by atoms with E-state index in [4.69, 9.17) is 0 Å². The number of halogens is 1. The van der Waals surface area contributed by atoms with E-state index in [2.05, 4.69) is 33.1 Å². The largest absolute Gasteiger partial charge is 0.356 e. The van der Waals surface area contributed by atoms with Crippen LogP contribution in [0.3, 0.4) is 0 Å². The Balaban J connectivity index is 0.00000161. The Morgan fingerprint density at radius 2 is 2.19 bits per heavy atom. The van der Waals surface area contributed by atoms with Gasteiger partial charge in [-0.05, 0) is 54.9 Å². The minimum Gasteiger partial charge on any atom is -0.356 e. The minimum absolute atomic E-state index is 0. The molecule has 0 aliphatic heterocycles. The van der Waals surface area contributed by atoms with E-state index in [0.717, 1.165) is 31.4 Å². The molecule has 2 aliphatic carbocycles. The van der Waals surface area contributed by atoms with Crippen LogP contribution < -0.4 is 10.6 Å². The van der Waals surface area contributed by atoms with E-state index >= 15 is 0 Å². The van der Waals surface area contributed by atoms with Crippen molar-refractivity contribution in [2.75, 3.05) is 20.1 Å². The molecule has 2 fully saturated rings. The maximum Gasteiger partial charge on any atom is 0.191 e. The summed E-state index contributed by atoms with van der Waals surface area (Å²) in [6.07, 6.45) is 8.22. The number of nitrogens with zero attached hydrogens (tertiary/aromatic N) is 1. The highest BCUT2D eigenvalue weighted by Crippen LogP contribution is 2.56. The van der Waals surface area contributed by atoms with E-state index in [0.29, 0.717) is 5.41 Å². The van der Waals surface area contributed by atoms with Crippen LogP contribution in [-0.4, -0.2) is 26.1 Å². The van der Waals surface area contributed by atoms with Crippen LogP contribution in [0.5, 0.6) is 0 Å². The Labute approximate surface area is 149 Å². The number of nitrogens with one attached hydrogen (secondary N) is 2. The van der Waals surface area contributed by atoms with Crippen LogP contribution in [0, 0.1) is 11.3 Å². The molecule has 0 atom stereocenters. The first-order chi connectivity index (χ1) is 9.82. The normalized spacial score (nSPS) is 20.3. The third-order valence-electron chi connectivity index (χ3n) is 4.87. The van der Waals surface area contributed by atoms with Gasteiger partial charge in [-0.25, -0.2) is 0 Å². The van der Waals surface area contributed by atoms with Crippen LogP contribution in [0.1, 0.15) is 37.0 Å². The van der Waals surface area contributed by atoms with Crippen LogP contribution in [-0.2, 0) is 6.42 Å². The average Bonchev–Trinajstić information content (AvgIpc) is 3.12. The molecule has 0 amide bonds. The van der Waals surface area contributed by atoms with E-state index in [1.807, 2.05) is 18.4 Å². The zero-order valence-corrected chi connectivity index (χ0v) is 15.9. The highest BCUT2D eigenvalue weighted by atomic mass is 127. The van der Waals surface area contributed by atoms with Crippen molar-refractivity contribution < 1.29 is 0 Å². The van der Waals surface area contributed by atoms with Gasteiger partial charge in [0.15, 0.2) is 5.96 Å². The number of aliphatic imine (C=N–C) groups is 1. The Bertz CT molecular complexity index is 450. The fourth-order valence-corrected chi connectivity index (χ4v) is 4.00. The van der Waals surface area contributed by atoms with Crippen molar-refractivity contribution in [2.45, 2.75) is 38.5 Å². The van der Waals surface area contributed by atoms with Gasteiger partial charge in [0.1, 0.15) is 0 Å². The van der Waals surface area contributed by atoms with Gasteiger partial charge < -0.3 is 10.6 Å². The van der Waals surface area contributed by atoms with Gasteiger partial charge in [-0.15, -0.1) is 35.3 Å². The first-order valence-corrected chi connectivity index (χ1v) is 8.67. The molecule has 0 aromatic carbocycles. The van der Waals surface area contributed by atoms with E-state index in [1.165, 1.54) is 37.0 Å². The van der Waals surface area contributed by atoms with Gasteiger partial charge in [0.25, 0.3) is 0 Å². The highest BCUT2D eigenvalue weighted by Gasteiger charge is 2.48. The maximum absolute atomic E-state index is 4.35. The summed E-state index contributed by atoms with van der Waals surface area (Å²) in [5.41, 5.74) is 0.603. The second-order valence-corrected chi connectivity index (χ2v) is 7.20. The molecule has 0 unspecified atom stereocenters. The zero-order valence-electron chi connectivity index (χ0n) is 12.7. The highest BCUT2D eigenvalue weighted by molar-refractivity contribution is 14.0. The van der Waals surface area contributed by atoms with E-state index in [-0.39, 0.29) is 24.0 Å². The Morgan fingerprint density at radius 1 is 1.38 bits per heavy atom. The molecule has 2 aliphatic rings. The van der Waals surface area contributed by atoms with Crippen molar-refractivity contribution in [3.05, 3.63) is 22.4 Å². The van der Waals surface area contributed by atoms with Gasteiger partial charge in [0, 0.05) is 25.0 Å². The lowest BCUT2D eigenvalue weighted by molar-refractivity contribution is 0.106. The molecule has 2 saturated carbocycles. The monoisotopic (exact) mass is 419 g/mol. The smallest absolute Gasteiger partial charge is 0.191 e. The molecule has 5 heteroatoms. The lowest BCUT2D eigenvalue weighted by Gasteiger charge is -2.43. The van der Waals surface area contributed by atoms with Crippen molar-refractivity contribution in [2.24, 2.45) is 16.3 Å². The molecule has 1 aromatic heterocycles. The molecule has 0 radical (unpaired) electrons. The van der Waals surface area contributed by atoms with Crippen molar-refractivity contribution in [1.29, 1.82) is 0 Å². The molecule has 2 N–H and O–H groups in total. The Hall–Kier alpha value is -0.300. The number of hydrogen-bond acceptors (Lipinski definition) is 2. The first kappa shape index (κ1) is 17.1. The summed E-state index contributed by atoms with van der Waals surface area (Å²) in [6, 6.07) is 4.31. The van der Waals surface area contributed by atoms with Crippen LogP contribution in [0.2, 0.25) is 0 Å². The van der Waals surface area contributed by atoms with Crippen molar-refractivity contribution in [1.82, 2.24) is 10.6 Å². The standard InChI is InChI=1S/C16H25N3S.HI/c1-17-15(18-10-7-14-4-2-11-20-14)19-12-16(8-3-9-16)13-5-6-13;/h2,4,11,13H,3,5-10,12H2,1H3,(H2,17,18,19);1H. The fourth-order valence-electron chi connectivity index (χ4n) is 3.30.